The molecular weight excluding hydrogens is 292 g/mol. The van der Waals surface area contributed by atoms with Crippen molar-refractivity contribution in [1.82, 2.24) is 4.72 Å². The average molecular weight is 308 g/mol. The number of nitrogens with one attached hydrogen (secondary N) is 1. The van der Waals surface area contributed by atoms with Crippen molar-refractivity contribution in [2.75, 3.05) is 6.54 Å². The van der Waals surface area contributed by atoms with E-state index in [1.165, 1.54) is 32.0 Å². The van der Waals surface area contributed by atoms with E-state index in [9.17, 15) is 21.9 Å². The minimum atomic E-state index is -3.97. The first-order chi connectivity index (χ1) is 8.42. The first-order valence-electron chi connectivity index (χ1n) is 5.27. The quantitative estimate of drug-likeness (QED) is 0.668. The van der Waals surface area contributed by atoms with Gasteiger partial charge in [-0.3, -0.25) is 0 Å². The monoisotopic (exact) mass is 308 g/mol. The van der Waals surface area contributed by atoms with Crippen LogP contribution in [0.25, 0.3) is 0 Å². The second-order valence-electron chi connectivity index (χ2n) is 4.66. The lowest BCUT2D eigenvalue weighted by Gasteiger charge is -2.17. The molecular formula is C10H16N2O5S2. The third-order valence-corrected chi connectivity index (χ3v) is 4.45. The van der Waals surface area contributed by atoms with E-state index in [-0.39, 0.29) is 16.3 Å². The van der Waals surface area contributed by atoms with Gasteiger partial charge in [0.2, 0.25) is 20.0 Å². The molecule has 7 nitrogen and oxygen atoms in total. The summed E-state index contributed by atoms with van der Waals surface area (Å²) in [4.78, 5) is -0.526. The Kier molecular flexibility index (Phi) is 4.37. The van der Waals surface area contributed by atoms with Crippen molar-refractivity contribution in [2.24, 2.45) is 5.14 Å². The highest BCUT2D eigenvalue weighted by atomic mass is 32.2. The van der Waals surface area contributed by atoms with E-state index in [1.807, 2.05) is 0 Å². The van der Waals surface area contributed by atoms with Crippen LogP contribution >= 0.6 is 0 Å². The van der Waals surface area contributed by atoms with Crippen molar-refractivity contribution in [1.29, 1.82) is 0 Å². The summed E-state index contributed by atoms with van der Waals surface area (Å²) in [5.74, 6) is 0. The van der Waals surface area contributed by atoms with E-state index in [1.54, 1.807) is 0 Å². The molecule has 0 aliphatic rings. The summed E-state index contributed by atoms with van der Waals surface area (Å²) >= 11 is 0. The summed E-state index contributed by atoms with van der Waals surface area (Å²) in [6, 6.07) is 4.67. The first kappa shape index (κ1) is 16.1. The highest BCUT2D eigenvalue weighted by Crippen LogP contribution is 2.15. The van der Waals surface area contributed by atoms with Gasteiger partial charge in [-0.05, 0) is 32.0 Å². The number of hydrogen-bond acceptors (Lipinski definition) is 5. The molecule has 0 fully saturated rings. The number of aliphatic hydroxyl groups is 1. The van der Waals surface area contributed by atoms with E-state index in [0.29, 0.717) is 0 Å². The van der Waals surface area contributed by atoms with Crippen molar-refractivity contribution >= 4 is 20.0 Å². The van der Waals surface area contributed by atoms with Gasteiger partial charge in [0.15, 0.2) is 0 Å². The lowest BCUT2D eigenvalue weighted by molar-refractivity contribution is 0.0857. The second kappa shape index (κ2) is 5.17. The van der Waals surface area contributed by atoms with Crippen molar-refractivity contribution in [3.05, 3.63) is 24.3 Å². The molecule has 1 aromatic rings. The zero-order chi connectivity index (χ0) is 14.9. The van der Waals surface area contributed by atoms with Crippen LogP contribution in [-0.4, -0.2) is 34.1 Å². The molecule has 0 radical (unpaired) electrons. The largest absolute Gasteiger partial charge is 0.389 e. The molecule has 108 valence electrons. The Morgan fingerprint density at radius 2 is 1.74 bits per heavy atom. The second-order valence-corrected chi connectivity index (χ2v) is 7.99. The fourth-order valence-electron chi connectivity index (χ4n) is 1.17. The Balaban J connectivity index is 3.10. The summed E-state index contributed by atoms with van der Waals surface area (Å²) < 4.78 is 48.3. The number of hydrogen-bond donors (Lipinski definition) is 3. The molecule has 4 N–H and O–H groups in total. The molecule has 0 spiro atoms. The third kappa shape index (κ3) is 4.88. The van der Waals surface area contributed by atoms with Crippen LogP contribution in [0.1, 0.15) is 13.8 Å². The Bertz CT molecular complexity index is 659. The predicted octanol–water partition coefficient (Wildman–Crippen LogP) is -0.617. The van der Waals surface area contributed by atoms with E-state index >= 15 is 0 Å². The summed E-state index contributed by atoms with van der Waals surface area (Å²) in [6.07, 6.45) is 0. The normalized spacial score (nSPS) is 13.5. The van der Waals surface area contributed by atoms with Crippen molar-refractivity contribution < 1.29 is 21.9 Å². The van der Waals surface area contributed by atoms with Crippen LogP contribution in [0.5, 0.6) is 0 Å². The summed E-state index contributed by atoms with van der Waals surface area (Å²) in [5.41, 5.74) is -1.22. The third-order valence-electron chi connectivity index (χ3n) is 2.14. The van der Waals surface area contributed by atoms with Crippen molar-refractivity contribution in [2.45, 2.75) is 29.2 Å². The van der Waals surface area contributed by atoms with Crippen molar-refractivity contribution in [3.63, 3.8) is 0 Å². The molecule has 0 aliphatic carbocycles. The minimum Gasteiger partial charge on any atom is -0.389 e. The van der Waals surface area contributed by atoms with Gasteiger partial charge < -0.3 is 5.11 Å². The predicted molar refractivity (Wildman–Crippen MR) is 69.3 cm³/mol. The van der Waals surface area contributed by atoms with Crippen LogP contribution in [0.2, 0.25) is 0 Å². The van der Waals surface area contributed by atoms with Crippen LogP contribution < -0.4 is 9.86 Å². The Morgan fingerprint density at radius 1 is 1.21 bits per heavy atom. The highest BCUT2D eigenvalue weighted by molar-refractivity contribution is 7.90. The van der Waals surface area contributed by atoms with Crippen LogP contribution in [0.3, 0.4) is 0 Å². The molecule has 1 aromatic carbocycles. The smallest absolute Gasteiger partial charge is 0.240 e. The molecule has 0 saturated carbocycles. The van der Waals surface area contributed by atoms with Gasteiger partial charge >= 0.3 is 0 Å². The molecule has 0 unspecified atom stereocenters. The van der Waals surface area contributed by atoms with Gasteiger partial charge in [-0.25, -0.2) is 26.7 Å². The van der Waals surface area contributed by atoms with Crippen LogP contribution in [0.15, 0.2) is 34.1 Å². The van der Waals surface area contributed by atoms with E-state index in [0.717, 1.165) is 6.07 Å². The van der Waals surface area contributed by atoms with Crippen LogP contribution in [0, 0.1) is 0 Å². The fourth-order valence-corrected chi connectivity index (χ4v) is 3.06. The Hall–Kier alpha value is -1.00. The molecule has 0 saturated heterocycles. The lowest BCUT2D eigenvalue weighted by Crippen LogP contribution is -2.38. The Morgan fingerprint density at radius 3 is 2.21 bits per heavy atom. The molecule has 0 aliphatic heterocycles. The maximum absolute atomic E-state index is 11.9. The zero-order valence-corrected chi connectivity index (χ0v) is 12.1. The first-order valence-corrected chi connectivity index (χ1v) is 8.30. The van der Waals surface area contributed by atoms with Crippen molar-refractivity contribution in [3.8, 4) is 0 Å². The van der Waals surface area contributed by atoms with Gasteiger partial charge in [-0.2, -0.15) is 0 Å². The number of sulfonamides is 2. The summed E-state index contributed by atoms with van der Waals surface area (Å²) in [5, 5.41) is 14.4. The summed E-state index contributed by atoms with van der Waals surface area (Å²) in [6.45, 7) is 2.68. The molecule has 0 aromatic heterocycles. The molecule has 9 heteroatoms. The molecule has 0 heterocycles. The number of rotatable bonds is 5. The topological polar surface area (TPSA) is 127 Å². The maximum Gasteiger partial charge on any atom is 0.240 e. The van der Waals surface area contributed by atoms with Crippen LogP contribution in [0.4, 0.5) is 0 Å². The SMILES string of the molecule is CC(C)(O)CNS(=O)(=O)c1cccc(S(N)(=O)=O)c1. The van der Waals surface area contributed by atoms with Gasteiger partial charge in [-0.1, -0.05) is 6.07 Å². The van der Waals surface area contributed by atoms with E-state index in [4.69, 9.17) is 5.14 Å². The molecule has 0 bridgehead atoms. The number of benzene rings is 1. The molecule has 0 atom stereocenters. The molecule has 19 heavy (non-hydrogen) atoms. The number of nitrogens with two attached hydrogens (primary N) is 1. The van der Waals surface area contributed by atoms with E-state index in [2.05, 4.69) is 4.72 Å². The van der Waals surface area contributed by atoms with Gasteiger partial charge in [0.05, 0.1) is 15.4 Å². The molecule has 1 rings (SSSR count). The van der Waals surface area contributed by atoms with Crippen LogP contribution in [-0.2, 0) is 20.0 Å². The van der Waals surface area contributed by atoms with E-state index < -0.39 is 25.6 Å². The number of primary sulfonamides is 1. The Labute approximate surface area is 112 Å². The minimum absolute atomic E-state index is 0.199. The zero-order valence-electron chi connectivity index (χ0n) is 10.5. The van der Waals surface area contributed by atoms with Gasteiger partial charge in [0.25, 0.3) is 0 Å². The standard InChI is InChI=1S/C10H16N2O5S2/c1-10(2,13)7-12-19(16,17)9-5-3-4-8(6-9)18(11,14)15/h3-6,12-13H,7H2,1-2H3,(H2,11,14,15). The van der Waals surface area contributed by atoms with Gasteiger partial charge in [0.1, 0.15) is 0 Å². The summed E-state index contributed by atoms with van der Waals surface area (Å²) in [7, 11) is -7.88. The maximum atomic E-state index is 11.9. The van der Waals surface area contributed by atoms with Gasteiger partial charge in [0, 0.05) is 6.54 Å². The lowest BCUT2D eigenvalue weighted by atomic mass is 10.1. The van der Waals surface area contributed by atoms with Gasteiger partial charge in [-0.15, -0.1) is 0 Å². The molecule has 0 amide bonds. The average Bonchev–Trinajstić information content (AvgIpc) is 2.25. The fraction of sp³-hybridized carbons (Fsp3) is 0.400. The highest BCUT2D eigenvalue weighted by Gasteiger charge is 2.21.